The Balaban J connectivity index is 1.35. The lowest BCUT2D eigenvalue weighted by Gasteiger charge is -2.33. The number of rotatable bonds is 3. The molecule has 0 unspecified atom stereocenters. The van der Waals surface area contributed by atoms with Crippen LogP contribution in [-0.4, -0.2) is 32.8 Å². The average Bonchev–Trinajstić information content (AvgIpc) is 3.43. The SMILES string of the molecule is N#Cc1cc2c(nc1N1CCC(c3nncn3C3CC3)CC1)CCCC2. The zero-order valence-corrected chi connectivity index (χ0v) is 15.1. The van der Waals surface area contributed by atoms with Crippen molar-refractivity contribution >= 4 is 5.82 Å². The third-order valence-electron chi connectivity index (χ3n) is 6.10. The average molecular weight is 348 g/mol. The van der Waals surface area contributed by atoms with Crippen LogP contribution in [0.25, 0.3) is 0 Å². The number of anilines is 1. The second-order valence-corrected chi connectivity index (χ2v) is 7.87. The van der Waals surface area contributed by atoms with Crippen molar-refractivity contribution in [3.63, 3.8) is 0 Å². The van der Waals surface area contributed by atoms with E-state index in [1.165, 1.54) is 36.9 Å². The van der Waals surface area contributed by atoms with Crippen molar-refractivity contribution < 1.29 is 0 Å². The smallest absolute Gasteiger partial charge is 0.146 e. The standard InChI is InChI=1S/C20H24N6/c21-12-16-11-15-3-1-2-4-18(15)23-19(16)25-9-7-14(8-10-25)20-24-22-13-26(20)17-5-6-17/h11,13-14,17H,1-10H2. The molecule has 6 nitrogen and oxygen atoms in total. The van der Waals surface area contributed by atoms with Crippen molar-refractivity contribution in [2.45, 2.75) is 63.3 Å². The summed E-state index contributed by atoms with van der Waals surface area (Å²) in [5.74, 6) is 2.53. The minimum absolute atomic E-state index is 0.470. The number of aryl methyl sites for hydroxylation is 2. The number of nitriles is 1. The molecule has 3 heterocycles. The number of fused-ring (bicyclic) bond motifs is 1. The lowest BCUT2D eigenvalue weighted by molar-refractivity contribution is 0.462. The summed E-state index contributed by atoms with van der Waals surface area (Å²) >= 11 is 0. The van der Waals surface area contributed by atoms with E-state index in [4.69, 9.17) is 4.98 Å². The molecule has 2 aromatic rings. The summed E-state index contributed by atoms with van der Waals surface area (Å²) in [6.07, 6.45) is 11.1. The lowest BCUT2D eigenvalue weighted by Crippen LogP contribution is -2.35. The maximum atomic E-state index is 9.62. The summed E-state index contributed by atoms with van der Waals surface area (Å²) in [4.78, 5) is 7.23. The first-order chi connectivity index (χ1) is 12.8. The zero-order chi connectivity index (χ0) is 17.5. The fraction of sp³-hybridized carbons (Fsp3) is 0.600. The van der Waals surface area contributed by atoms with E-state index in [0.717, 1.165) is 56.0 Å². The molecule has 1 saturated heterocycles. The summed E-state index contributed by atoms with van der Waals surface area (Å²) in [6, 6.07) is 5.10. The van der Waals surface area contributed by atoms with Gasteiger partial charge in [0.25, 0.3) is 0 Å². The van der Waals surface area contributed by atoms with Crippen LogP contribution in [0.15, 0.2) is 12.4 Å². The fourth-order valence-electron chi connectivity index (χ4n) is 4.47. The molecule has 26 heavy (non-hydrogen) atoms. The van der Waals surface area contributed by atoms with Crippen molar-refractivity contribution in [3.05, 3.63) is 35.0 Å². The number of aromatic nitrogens is 4. The van der Waals surface area contributed by atoms with Gasteiger partial charge in [0.1, 0.15) is 24.0 Å². The first-order valence-corrected chi connectivity index (χ1v) is 9.90. The maximum absolute atomic E-state index is 9.62. The van der Waals surface area contributed by atoms with Crippen LogP contribution < -0.4 is 4.90 Å². The van der Waals surface area contributed by atoms with Crippen molar-refractivity contribution in [1.29, 1.82) is 5.26 Å². The van der Waals surface area contributed by atoms with Gasteiger partial charge in [0.2, 0.25) is 0 Å². The molecule has 0 spiro atoms. The van der Waals surface area contributed by atoms with E-state index in [0.29, 0.717) is 12.0 Å². The van der Waals surface area contributed by atoms with E-state index in [1.807, 2.05) is 6.33 Å². The highest BCUT2D eigenvalue weighted by molar-refractivity contribution is 5.56. The van der Waals surface area contributed by atoms with Gasteiger partial charge in [-0.05, 0) is 63.0 Å². The number of hydrogen-bond acceptors (Lipinski definition) is 5. The third kappa shape index (κ3) is 2.76. The van der Waals surface area contributed by atoms with Crippen LogP contribution >= 0.6 is 0 Å². The molecule has 1 aliphatic heterocycles. The van der Waals surface area contributed by atoms with Gasteiger partial charge < -0.3 is 9.47 Å². The van der Waals surface area contributed by atoms with Crippen molar-refractivity contribution in [2.24, 2.45) is 0 Å². The van der Waals surface area contributed by atoms with Crippen LogP contribution in [0.5, 0.6) is 0 Å². The summed E-state index contributed by atoms with van der Waals surface area (Å²) in [7, 11) is 0. The first kappa shape index (κ1) is 15.8. The Bertz CT molecular complexity index is 852. The number of piperidine rings is 1. The van der Waals surface area contributed by atoms with Gasteiger partial charge in [0, 0.05) is 30.7 Å². The number of nitrogens with zero attached hydrogens (tertiary/aromatic N) is 6. The van der Waals surface area contributed by atoms with Crippen molar-refractivity contribution in [3.8, 4) is 6.07 Å². The largest absolute Gasteiger partial charge is 0.355 e. The minimum Gasteiger partial charge on any atom is -0.355 e. The van der Waals surface area contributed by atoms with E-state index in [2.05, 4.69) is 31.8 Å². The second-order valence-electron chi connectivity index (χ2n) is 7.87. The molecule has 2 fully saturated rings. The number of pyridine rings is 1. The Morgan fingerprint density at radius 2 is 1.88 bits per heavy atom. The monoisotopic (exact) mass is 348 g/mol. The molecule has 2 aromatic heterocycles. The van der Waals surface area contributed by atoms with Gasteiger partial charge >= 0.3 is 0 Å². The molecule has 3 aliphatic rings. The molecule has 1 saturated carbocycles. The molecule has 2 aliphatic carbocycles. The van der Waals surface area contributed by atoms with E-state index >= 15 is 0 Å². The molecule has 0 atom stereocenters. The second kappa shape index (κ2) is 6.39. The van der Waals surface area contributed by atoms with E-state index in [1.54, 1.807) is 0 Å². The maximum Gasteiger partial charge on any atom is 0.146 e. The topological polar surface area (TPSA) is 70.6 Å². The van der Waals surface area contributed by atoms with Gasteiger partial charge in [-0.15, -0.1) is 10.2 Å². The van der Waals surface area contributed by atoms with Crippen LogP contribution in [0.4, 0.5) is 5.82 Å². The third-order valence-corrected chi connectivity index (χ3v) is 6.10. The quantitative estimate of drug-likeness (QED) is 0.852. The zero-order valence-electron chi connectivity index (χ0n) is 15.1. The Morgan fingerprint density at radius 3 is 2.65 bits per heavy atom. The van der Waals surface area contributed by atoms with E-state index in [9.17, 15) is 5.26 Å². The minimum atomic E-state index is 0.470. The summed E-state index contributed by atoms with van der Waals surface area (Å²) in [6.45, 7) is 1.87. The molecule has 6 heteroatoms. The summed E-state index contributed by atoms with van der Waals surface area (Å²) in [5.41, 5.74) is 3.23. The Labute approximate surface area is 153 Å². The van der Waals surface area contributed by atoms with E-state index in [-0.39, 0.29) is 0 Å². The van der Waals surface area contributed by atoms with Gasteiger partial charge in [-0.25, -0.2) is 4.98 Å². The molecular formula is C20H24N6. The Kier molecular flexibility index (Phi) is 3.88. The van der Waals surface area contributed by atoms with Gasteiger partial charge in [-0.2, -0.15) is 5.26 Å². The highest BCUT2D eigenvalue weighted by Gasteiger charge is 2.31. The Hall–Kier alpha value is -2.42. The molecule has 0 radical (unpaired) electrons. The van der Waals surface area contributed by atoms with Crippen LogP contribution in [-0.2, 0) is 12.8 Å². The van der Waals surface area contributed by atoms with Gasteiger partial charge in [0.15, 0.2) is 0 Å². The van der Waals surface area contributed by atoms with Gasteiger partial charge in [-0.1, -0.05) is 0 Å². The van der Waals surface area contributed by atoms with Crippen molar-refractivity contribution in [2.75, 3.05) is 18.0 Å². The van der Waals surface area contributed by atoms with Crippen LogP contribution in [0.2, 0.25) is 0 Å². The fourth-order valence-corrected chi connectivity index (χ4v) is 4.47. The van der Waals surface area contributed by atoms with Gasteiger partial charge in [0.05, 0.1) is 5.56 Å². The van der Waals surface area contributed by atoms with Crippen LogP contribution in [0.3, 0.4) is 0 Å². The summed E-state index contributed by atoms with van der Waals surface area (Å²) < 4.78 is 2.29. The molecule has 0 amide bonds. The molecule has 5 rings (SSSR count). The summed E-state index contributed by atoms with van der Waals surface area (Å²) in [5, 5.41) is 18.2. The predicted molar refractivity (Wildman–Crippen MR) is 98.1 cm³/mol. The van der Waals surface area contributed by atoms with Gasteiger partial charge in [-0.3, -0.25) is 0 Å². The van der Waals surface area contributed by atoms with Crippen LogP contribution in [0.1, 0.15) is 73.1 Å². The number of hydrogen-bond donors (Lipinski definition) is 0. The van der Waals surface area contributed by atoms with E-state index < -0.39 is 0 Å². The highest BCUT2D eigenvalue weighted by Crippen LogP contribution is 2.39. The predicted octanol–water partition coefficient (Wildman–Crippen LogP) is 3.14. The normalized spacial score (nSPS) is 20.7. The lowest BCUT2D eigenvalue weighted by atomic mass is 9.93. The van der Waals surface area contributed by atoms with Crippen molar-refractivity contribution in [1.82, 2.24) is 19.7 Å². The first-order valence-electron chi connectivity index (χ1n) is 9.90. The molecular weight excluding hydrogens is 324 g/mol. The molecule has 0 aromatic carbocycles. The highest BCUT2D eigenvalue weighted by atomic mass is 15.3. The molecule has 0 bridgehead atoms. The van der Waals surface area contributed by atoms with Crippen LogP contribution in [0, 0.1) is 11.3 Å². The molecule has 134 valence electrons. The molecule has 0 N–H and O–H groups in total. The Morgan fingerprint density at radius 1 is 1.08 bits per heavy atom.